The molecule has 0 aliphatic carbocycles. The number of halogens is 2. The summed E-state index contributed by atoms with van der Waals surface area (Å²) >= 11 is 8.08. The number of carbonyl (C=O) groups excluding carboxylic acids is 1. The van der Waals surface area contributed by atoms with Crippen LogP contribution >= 0.6 is 34.2 Å². The second-order valence-electron chi connectivity index (χ2n) is 3.22. The lowest BCUT2D eigenvalue weighted by Crippen LogP contribution is -2.02. The molecule has 1 aromatic rings. The van der Waals surface area contributed by atoms with Crippen molar-refractivity contribution in [2.75, 3.05) is 6.61 Å². The Balaban J connectivity index is 2.29. The van der Waals surface area contributed by atoms with Crippen molar-refractivity contribution in [2.24, 2.45) is 0 Å². The molecule has 0 fully saturated rings. The first-order chi connectivity index (χ1) is 7.18. The Hall–Kier alpha value is -0.550. The molecule has 0 amide bonds. The molecule has 0 spiro atoms. The molecule has 2 nitrogen and oxygen atoms in total. The van der Waals surface area contributed by atoms with Crippen LogP contribution in [0.1, 0.15) is 16.8 Å². The molecule has 2 rings (SSSR count). The lowest BCUT2D eigenvalue weighted by atomic mass is 10.0. The third kappa shape index (κ3) is 2.34. The Kier molecular flexibility index (Phi) is 3.31. The maximum Gasteiger partial charge on any atom is 0.192 e. The highest BCUT2D eigenvalue weighted by Crippen LogP contribution is 2.23. The van der Waals surface area contributed by atoms with E-state index in [0.717, 1.165) is 3.57 Å². The zero-order chi connectivity index (χ0) is 10.8. The summed E-state index contributed by atoms with van der Waals surface area (Å²) < 4.78 is 5.98. The monoisotopic (exact) mass is 334 g/mol. The largest absolute Gasteiger partial charge is 0.500 e. The number of Topliss-reactive ketones (excluding diaryl/α,β-unsaturated/α-hetero) is 1. The highest BCUT2D eigenvalue weighted by atomic mass is 127. The highest BCUT2D eigenvalue weighted by molar-refractivity contribution is 14.1. The smallest absolute Gasteiger partial charge is 0.192 e. The molecule has 4 heteroatoms. The van der Waals surface area contributed by atoms with Crippen molar-refractivity contribution in [3.8, 4) is 0 Å². The fourth-order valence-electron chi connectivity index (χ4n) is 1.38. The maximum absolute atomic E-state index is 11.9. The first-order valence-corrected chi connectivity index (χ1v) is 5.94. The van der Waals surface area contributed by atoms with Crippen LogP contribution in [-0.4, -0.2) is 12.4 Å². The van der Waals surface area contributed by atoms with Gasteiger partial charge in [0.05, 0.1) is 17.9 Å². The van der Waals surface area contributed by atoms with Gasteiger partial charge in [-0.15, -0.1) is 0 Å². The third-order valence-corrected chi connectivity index (χ3v) is 3.76. The molecule has 0 atom stereocenters. The van der Waals surface area contributed by atoms with E-state index in [4.69, 9.17) is 16.3 Å². The van der Waals surface area contributed by atoms with Gasteiger partial charge < -0.3 is 4.74 Å². The molecule has 0 bridgehead atoms. The minimum absolute atomic E-state index is 0.00537. The van der Waals surface area contributed by atoms with Crippen molar-refractivity contribution in [3.05, 3.63) is 44.2 Å². The average Bonchev–Trinajstić information content (AvgIpc) is 2.74. The standard InChI is InChI=1S/C11H8ClIO2/c12-9-5-7(1-2-10(9)13)11(14)8-3-4-15-6-8/h1-2,5-6H,3-4H2. The molecule has 1 aliphatic heterocycles. The van der Waals surface area contributed by atoms with E-state index >= 15 is 0 Å². The Bertz CT molecular complexity index is 440. The number of rotatable bonds is 2. The van der Waals surface area contributed by atoms with Gasteiger partial charge in [0.2, 0.25) is 0 Å². The first-order valence-electron chi connectivity index (χ1n) is 4.49. The van der Waals surface area contributed by atoms with E-state index in [9.17, 15) is 4.79 Å². The molecule has 0 unspecified atom stereocenters. The van der Waals surface area contributed by atoms with E-state index in [2.05, 4.69) is 22.6 Å². The summed E-state index contributed by atoms with van der Waals surface area (Å²) in [6.45, 7) is 0.596. The van der Waals surface area contributed by atoms with Crippen molar-refractivity contribution in [2.45, 2.75) is 6.42 Å². The lowest BCUT2D eigenvalue weighted by Gasteiger charge is -2.02. The van der Waals surface area contributed by atoms with Gasteiger partial charge in [-0.3, -0.25) is 4.79 Å². The van der Waals surface area contributed by atoms with E-state index in [0.29, 0.717) is 29.2 Å². The molecule has 1 heterocycles. The number of ketones is 1. The number of benzene rings is 1. The van der Waals surface area contributed by atoms with Crippen LogP contribution in [0.15, 0.2) is 30.0 Å². The van der Waals surface area contributed by atoms with Gasteiger partial charge in [0.1, 0.15) is 0 Å². The molecular weight excluding hydrogens is 326 g/mol. The molecular formula is C11H8ClIO2. The van der Waals surface area contributed by atoms with Crippen LogP contribution in [0.25, 0.3) is 0 Å². The van der Waals surface area contributed by atoms with Gasteiger partial charge in [0.15, 0.2) is 5.78 Å². The van der Waals surface area contributed by atoms with E-state index in [-0.39, 0.29) is 5.78 Å². The van der Waals surface area contributed by atoms with Crippen LogP contribution in [0.5, 0.6) is 0 Å². The molecule has 1 aliphatic rings. The summed E-state index contributed by atoms with van der Waals surface area (Å²) in [6, 6.07) is 5.33. The molecule has 1 aromatic carbocycles. The zero-order valence-electron chi connectivity index (χ0n) is 7.80. The number of ether oxygens (including phenoxy) is 1. The quantitative estimate of drug-likeness (QED) is 0.612. The minimum Gasteiger partial charge on any atom is -0.500 e. The van der Waals surface area contributed by atoms with E-state index in [1.54, 1.807) is 12.1 Å². The molecule has 0 saturated carbocycles. The minimum atomic E-state index is 0.00537. The second-order valence-corrected chi connectivity index (χ2v) is 4.79. The molecule has 0 N–H and O–H groups in total. The molecule has 78 valence electrons. The third-order valence-electron chi connectivity index (χ3n) is 2.19. The molecule has 0 saturated heterocycles. The van der Waals surface area contributed by atoms with E-state index in [1.165, 1.54) is 6.26 Å². The normalized spacial score (nSPS) is 14.7. The summed E-state index contributed by atoms with van der Waals surface area (Å²) in [6.07, 6.45) is 2.22. The summed E-state index contributed by atoms with van der Waals surface area (Å²) in [5.41, 5.74) is 1.34. The zero-order valence-corrected chi connectivity index (χ0v) is 10.7. The second kappa shape index (κ2) is 4.53. The van der Waals surface area contributed by atoms with Crippen LogP contribution in [0, 0.1) is 3.57 Å². The lowest BCUT2D eigenvalue weighted by molar-refractivity contribution is 0.103. The highest BCUT2D eigenvalue weighted by Gasteiger charge is 2.17. The fourth-order valence-corrected chi connectivity index (χ4v) is 1.89. The van der Waals surface area contributed by atoms with Gasteiger partial charge in [-0.1, -0.05) is 11.6 Å². The van der Waals surface area contributed by atoms with Crippen molar-refractivity contribution in [3.63, 3.8) is 0 Å². The first kappa shape index (κ1) is 11.0. The Morgan fingerprint density at radius 2 is 2.27 bits per heavy atom. The van der Waals surface area contributed by atoms with Crippen LogP contribution < -0.4 is 0 Å². The van der Waals surface area contributed by atoms with Gasteiger partial charge >= 0.3 is 0 Å². The van der Waals surface area contributed by atoms with Crippen LogP contribution in [0.2, 0.25) is 5.02 Å². The van der Waals surface area contributed by atoms with Crippen molar-refractivity contribution < 1.29 is 9.53 Å². The van der Waals surface area contributed by atoms with Crippen LogP contribution in [-0.2, 0) is 4.74 Å². The molecule has 15 heavy (non-hydrogen) atoms. The van der Waals surface area contributed by atoms with Crippen LogP contribution in [0.3, 0.4) is 0 Å². The van der Waals surface area contributed by atoms with Crippen LogP contribution in [0.4, 0.5) is 0 Å². The SMILES string of the molecule is O=C(C1=COCC1)c1ccc(I)c(Cl)c1. The van der Waals surface area contributed by atoms with Gasteiger partial charge in [-0.2, -0.15) is 0 Å². The average molecular weight is 335 g/mol. The number of hydrogen-bond donors (Lipinski definition) is 0. The van der Waals surface area contributed by atoms with E-state index < -0.39 is 0 Å². The van der Waals surface area contributed by atoms with Crippen molar-refractivity contribution in [1.82, 2.24) is 0 Å². The number of carbonyl (C=O) groups is 1. The van der Waals surface area contributed by atoms with Gasteiger partial charge in [0.25, 0.3) is 0 Å². The predicted octanol–water partition coefficient (Wildman–Crippen LogP) is 3.43. The summed E-state index contributed by atoms with van der Waals surface area (Å²) in [5.74, 6) is 0.00537. The fraction of sp³-hybridized carbons (Fsp3) is 0.182. The van der Waals surface area contributed by atoms with Gasteiger partial charge in [-0.25, -0.2) is 0 Å². The maximum atomic E-state index is 11.9. The van der Waals surface area contributed by atoms with Crippen molar-refractivity contribution in [1.29, 1.82) is 0 Å². The summed E-state index contributed by atoms with van der Waals surface area (Å²) in [4.78, 5) is 11.9. The molecule has 0 aromatic heterocycles. The summed E-state index contributed by atoms with van der Waals surface area (Å²) in [7, 11) is 0. The Morgan fingerprint density at radius 3 is 2.87 bits per heavy atom. The van der Waals surface area contributed by atoms with Crippen molar-refractivity contribution >= 4 is 40.0 Å². The Labute approximate surface area is 106 Å². The Morgan fingerprint density at radius 1 is 1.47 bits per heavy atom. The predicted molar refractivity (Wildman–Crippen MR) is 67.2 cm³/mol. The van der Waals surface area contributed by atoms with Gasteiger partial charge in [0, 0.05) is 21.1 Å². The molecule has 0 radical (unpaired) electrons. The topological polar surface area (TPSA) is 26.3 Å². The number of hydrogen-bond acceptors (Lipinski definition) is 2. The summed E-state index contributed by atoms with van der Waals surface area (Å²) in [5, 5.41) is 0.612. The van der Waals surface area contributed by atoms with E-state index in [1.807, 2.05) is 6.07 Å². The van der Waals surface area contributed by atoms with Gasteiger partial charge in [-0.05, 0) is 40.8 Å².